The van der Waals surface area contributed by atoms with Gasteiger partial charge in [-0.25, -0.2) is 4.39 Å². The molecule has 90 valence electrons. The monoisotopic (exact) mass is 243 g/mol. The number of halogens is 1. The Morgan fingerprint density at radius 3 is 2.88 bits per heavy atom. The van der Waals surface area contributed by atoms with Gasteiger partial charge in [0, 0.05) is 17.7 Å². The first-order valence-electron chi connectivity index (χ1n) is 5.32. The Bertz CT molecular complexity index is 331. The third-order valence-electron chi connectivity index (χ3n) is 2.22. The summed E-state index contributed by atoms with van der Waals surface area (Å²) in [5, 5.41) is 0. The Morgan fingerprint density at radius 2 is 2.25 bits per heavy atom. The van der Waals surface area contributed by atoms with E-state index in [4.69, 9.17) is 10.5 Å². The lowest BCUT2D eigenvalue weighted by Crippen LogP contribution is -2.09. The van der Waals surface area contributed by atoms with Crippen LogP contribution in [0, 0.1) is 5.82 Å². The van der Waals surface area contributed by atoms with Crippen molar-refractivity contribution in [3.05, 3.63) is 29.6 Å². The van der Waals surface area contributed by atoms with Crippen LogP contribution in [-0.2, 0) is 0 Å². The zero-order chi connectivity index (χ0) is 12.0. The van der Waals surface area contributed by atoms with Crippen molar-refractivity contribution in [2.75, 3.05) is 18.6 Å². The molecule has 0 aliphatic rings. The van der Waals surface area contributed by atoms with E-state index in [0.717, 1.165) is 17.7 Å². The van der Waals surface area contributed by atoms with E-state index < -0.39 is 0 Å². The fourth-order valence-electron chi connectivity index (χ4n) is 1.39. The summed E-state index contributed by atoms with van der Waals surface area (Å²) in [4.78, 5) is 0. The van der Waals surface area contributed by atoms with Crippen LogP contribution < -0.4 is 10.5 Å². The molecule has 0 aliphatic carbocycles. The molecule has 1 aromatic carbocycles. The molecule has 1 aromatic rings. The largest absolute Gasteiger partial charge is 0.493 e. The molecule has 0 heterocycles. The fourth-order valence-corrected chi connectivity index (χ4v) is 1.80. The number of thioether (sulfide) groups is 1. The molecule has 1 rings (SSSR count). The average Bonchev–Trinajstić information content (AvgIpc) is 2.24. The highest BCUT2D eigenvalue weighted by molar-refractivity contribution is 7.98. The Morgan fingerprint density at radius 1 is 1.50 bits per heavy atom. The quantitative estimate of drug-likeness (QED) is 0.780. The van der Waals surface area contributed by atoms with Crippen LogP contribution in [0.15, 0.2) is 18.2 Å². The lowest BCUT2D eigenvalue weighted by atomic mass is 10.1. The second kappa shape index (κ2) is 6.76. The molecule has 0 bridgehead atoms. The summed E-state index contributed by atoms with van der Waals surface area (Å²) < 4.78 is 18.6. The number of rotatable bonds is 6. The van der Waals surface area contributed by atoms with Crippen LogP contribution in [0.2, 0.25) is 0 Å². The Balaban J connectivity index is 2.65. The predicted octanol–water partition coefficient (Wildman–Crippen LogP) is 2.98. The van der Waals surface area contributed by atoms with Gasteiger partial charge in [-0.3, -0.25) is 0 Å². The van der Waals surface area contributed by atoms with Crippen molar-refractivity contribution in [3.8, 4) is 5.75 Å². The van der Waals surface area contributed by atoms with Crippen molar-refractivity contribution in [1.29, 1.82) is 0 Å². The highest BCUT2D eigenvalue weighted by Crippen LogP contribution is 2.24. The highest BCUT2D eigenvalue weighted by atomic mass is 32.2. The smallest absolute Gasteiger partial charge is 0.126 e. The Kier molecular flexibility index (Phi) is 5.63. The van der Waals surface area contributed by atoms with Gasteiger partial charge in [-0.2, -0.15) is 11.8 Å². The number of hydrogen-bond donors (Lipinski definition) is 1. The maximum absolute atomic E-state index is 13.1. The summed E-state index contributed by atoms with van der Waals surface area (Å²) >= 11 is 1.77. The third-order valence-corrected chi connectivity index (χ3v) is 2.91. The summed E-state index contributed by atoms with van der Waals surface area (Å²) in [5.74, 6) is 1.32. The molecular formula is C12H18FNOS. The summed E-state index contributed by atoms with van der Waals surface area (Å²) in [7, 11) is 0. The summed E-state index contributed by atoms with van der Waals surface area (Å²) in [6, 6.07) is 4.35. The molecule has 2 nitrogen and oxygen atoms in total. The van der Waals surface area contributed by atoms with Crippen molar-refractivity contribution in [3.63, 3.8) is 0 Å². The minimum Gasteiger partial charge on any atom is -0.493 e. The minimum atomic E-state index is -0.288. The molecule has 0 fully saturated rings. The van der Waals surface area contributed by atoms with Crippen LogP contribution in [0.4, 0.5) is 4.39 Å². The minimum absolute atomic E-state index is 0.142. The van der Waals surface area contributed by atoms with Gasteiger partial charge in [-0.1, -0.05) is 6.07 Å². The van der Waals surface area contributed by atoms with Crippen molar-refractivity contribution < 1.29 is 9.13 Å². The molecule has 0 aliphatic heterocycles. The van der Waals surface area contributed by atoms with Crippen molar-refractivity contribution in [1.82, 2.24) is 0 Å². The number of hydrogen-bond acceptors (Lipinski definition) is 3. The van der Waals surface area contributed by atoms with Crippen LogP contribution in [0.3, 0.4) is 0 Å². The van der Waals surface area contributed by atoms with Gasteiger partial charge in [-0.05, 0) is 31.4 Å². The van der Waals surface area contributed by atoms with E-state index in [1.165, 1.54) is 12.1 Å². The van der Waals surface area contributed by atoms with Crippen LogP contribution in [0.5, 0.6) is 5.75 Å². The average molecular weight is 243 g/mol. The van der Waals surface area contributed by atoms with Crippen molar-refractivity contribution in [2.45, 2.75) is 19.4 Å². The summed E-state index contributed by atoms with van der Waals surface area (Å²) in [6.07, 6.45) is 3.01. The SMILES string of the molecule is CSCCCOc1cc(F)ccc1[C@H](C)N. The zero-order valence-corrected chi connectivity index (χ0v) is 10.5. The van der Waals surface area contributed by atoms with Crippen LogP contribution >= 0.6 is 11.8 Å². The molecule has 1 atom stereocenters. The Hall–Kier alpha value is -0.740. The standard InChI is InChI=1S/C12H18FNOS/c1-9(14)11-5-4-10(13)8-12(11)15-6-3-7-16-2/h4-5,8-9H,3,6-7,14H2,1-2H3/t9-/m0/s1. The van der Waals surface area contributed by atoms with E-state index >= 15 is 0 Å². The molecular weight excluding hydrogens is 225 g/mol. The number of benzene rings is 1. The molecule has 0 aromatic heterocycles. The van der Waals surface area contributed by atoms with E-state index in [-0.39, 0.29) is 11.9 Å². The zero-order valence-electron chi connectivity index (χ0n) is 9.70. The normalized spacial score (nSPS) is 12.5. The van der Waals surface area contributed by atoms with Gasteiger partial charge in [0.05, 0.1) is 6.61 Å². The van der Waals surface area contributed by atoms with E-state index in [9.17, 15) is 4.39 Å². The van der Waals surface area contributed by atoms with E-state index in [1.807, 2.05) is 6.92 Å². The highest BCUT2D eigenvalue weighted by Gasteiger charge is 2.09. The van der Waals surface area contributed by atoms with Gasteiger partial charge in [0.1, 0.15) is 11.6 Å². The molecule has 0 saturated carbocycles. The third kappa shape index (κ3) is 4.02. The number of nitrogens with two attached hydrogens (primary N) is 1. The molecule has 2 N–H and O–H groups in total. The van der Waals surface area contributed by atoms with Crippen LogP contribution in [-0.4, -0.2) is 18.6 Å². The first-order chi connectivity index (χ1) is 7.65. The lowest BCUT2D eigenvalue weighted by molar-refractivity contribution is 0.312. The van der Waals surface area contributed by atoms with Gasteiger partial charge < -0.3 is 10.5 Å². The molecule has 0 spiro atoms. The first-order valence-corrected chi connectivity index (χ1v) is 6.71. The first kappa shape index (κ1) is 13.3. The predicted molar refractivity (Wildman–Crippen MR) is 67.5 cm³/mol. The fraction of sp³-hybridized carbons (Fsp3) is 0.500. The molecule has 0 radical (unpaired) electrons. The molecule has 4 heteroatoms. The summed E-state index contributed by atoms with van der Waals surface area (Å²) in [6.45, 7) is 2.46. The van der Waals surface area contributed by atoms with Crippen LogP contribution in [0.1, 0.15) is 24.9 Å². The molecule has 16 heavy (non-hydrogen) atoms. The van der Waals surface area contributed by atoms with E-state index in [1.54, 1.807) is 17.8 Å². The molecule has 0 saturated heterocycles. The maximum Gasteiger partial charge on any atom is 0.126 e. The van der Waals surface area contributed by atoms with E-state index in [0.29, 0.717) is 12.4 Å². The number of ether oxygens (including phenoxy) is 1. The lowest BCUT2D eigenvalue weighted by Gasteiger charge is -2.13. The van der Waals surface area contributed by atoms with E-state index in [2.05, 4.69) is 6.26 Å². The molecule has 0 amide bonds. The van der Waals surface area contributed by atoms with Crippen molar-refractivity contribution in [2.24, 2.45) is 5.73 Å². The second-order valence-corrected chi connectivity index (χ2v) is 4.65. The van der Waals surface area contributed by atoms with Gasteiger partial charge >= 0.3 is 0 Å². The van der Waals surface area contributed by atoms with Gasteiger partial charge in [-0.15, -0.1) is 0 Å². The van der Waals surface area contributed by atoms with Crippen molar-refractivity contribution >= 4 is 11.8 Å². The van der Waals surface area contributed by atoms with Gasteiger partial charge in [0.25, 0.3) is 0 Å². The summed E-state index contributed by atoms with van der Waals surface area (Å²) in [5.41, 5.74) is 6.64. The Labute approximate surface area is 100 Å². The van der Waals surface area contributed by atoms with Crippen LogP contribution in [0.25, 0.3) is 0 Å². The topological polar surface area (TPSA) is 35.2 Å². The van der Waals surface area contributed by atoms with Gasteiger partial charge in [0.2, 0.25) is 0 Å². The second-order valence-electron chi connectivity index (χ2n) is 3.67. The van der Waals surface area contributed by atoms with Gasteiger partial charge in [0.15, 0.2) is 0 Å². The maximum atomic E-state index is 13.1. The molecule has 0 unspecified atom stereocenters.